The van der Waals surface area contributed by atoms with Gasteiger partial charge in [0.25, 0.3) is 0 Å². The predicted octanol–water partition coefficient (Wildman–Crippen LogP) is 4.68. The molecule has 0 atom stereocenters. The highest BCUT2D eigenvalue weighted by Gasteiger charge is 2.18. The van der Waals surface area contributed by atoms with Crippen LogP contribution in [0.2, 0.25) is 0 Å². The summed E-state index contributed by atoms with van der Waals surface area (Å²) in [6, 6.07) is 21.3. The zero-order chi connectivity index (χ0) is 21.8. The summed E-state index contributed by atoms with van der Waals surface area (Å²) < 4.78 is 13.1. The van der Waals surface area contributed by atoms with Crippen molar-refractivity contribution in [3.8, 4) is 34.3 Å². The van der Waals surface area contributed by atoms with Crippen molar-refractivity contribution in [1.29, 1.82) is 0 Å². The number of rotatable bonds is 7. The second kappa shape index (κ2) is 9.03. The molecule has 8 nitrogen and oxygen atoms in total. The maximum atomic E-state index is 5.83. The molecule has 5 rings (SSSR count). The van der Waals surface area contributed by atoms with Crippen LogP contribution in [0.25, 0.3) is 28.5 Å². The molecule has 0 aliphatic rings. The van der Waals surface area contributed by atoms with E-state index in [2.05, 4.69) is 25.4 Å². The lowest BCUT2D eigenvalue weighted by atomic mass is 10.2. The molecule has 0 saturated heterocycles. The number of nitrogens with zero attached hydrogens (tertiary/aromatic N) is 6. The molecule has 0 aliphatic carbocycles. The van der Waals surface area contributed by atoms with Crippen LogP contribution in [0.15, 0.2) is 88.7 Å². The molecule has 0 bridgehead atoms. The first-order valence-electron chi connectivity index (χ1n) is 9.82. The minimum Gasteiger partial charge on any atom is -0.497 e. The Morgan fingerprint density at radius 1 is 0.844 bits per heavy atom. The molecule has 0 spiro atoms. The van der Waals surface area contributed by atoms with E-state index in [1.54, 1.807) is 19.5 Å². The fraction of sp³-hybridized carbons (Fsp3) is 0.0870. The summed E-state index contributed by atoms with van der Waals surface area (Å²) in [6.45, 7) is 0. The standard InChI is InChI=1S/C23H18N6O2S/c1-30-19-9-7-18(8-10-19)29-21(16-11-13-24-14-12-16)26-28-23(29)32-15-20-25-27-22(31-20)17-5-3-2-4-6-17/h2-14H,15H2,1H3. The molecule has 0 fully saturated rings. The molecule has 158 valence electrons. The van der Waals surface area contributed by atoms with Crippen LogP contribution in [-0.2, 0) is 5.75 Å². The molecule has 5 aromatic rings. The van der Waals surface area contributed by atoms with Crippen molar-refractivity contribution in [1.82, 2.24) is 29.9 Å². The maximum absolute atomic E-state index is 5.83. The minimum absolute atomic E-state index is 0.463. The Labute approximate surface area is 188 Å². The van der Waals surface area contributed by atoms with Crippen LogP contribution in [0.1, 0.15) is 5.89 Å². The highest BCUT2D eigenvalue weighted by Crippen LogP contribution is 2.30. The quantitative estimate of drug-likeness (QED) is 0.336. The Kier molecular flexibility index (Phi) is 5.63. The van der Waals surface area contributed by atoms with Crippen LogP contribution in [0, 0.1) is 0 Å². The van der Waals surface area contributed by atoms with Gasteiger partial charge in [0.1, 0.15) is 5.75 Å². The Morgan fingerprint density at radius 3 is 2.38 bits per heavy atom. The molecule has 0 unspecified atom stereocenters. The summed E-state index contributed by atoms with van der Waals surface area (Å²) in [5.74, 6) is 2.97. The Morgan fingerprint density at radius 2 is 1.62 bits per heavy atom. The highest BCUT2D eigenvalue weighted by atomic mass is 32.2. The van der Waals surface area contributed by atoms with Crippen LogP contribution >= 0.6 is 11.8 Å². The summed E-state index contributed by atoms with van der Waals surface area (Å²) in [6.07, 6.45) is 3.47. The van der Waals surface area contributed by atoms with Crippen molar-refractivity contribution < 1.29 is 9.15 Å². The van der Waals surface area contributed by atoms with Gasteiger partial charge in [-0.25, -0.2) is 0 Å². The molecule has 9 heteroatoms. The Balaban J connectivity index is 1.45. The predicted molar refractivity (Wildman–Crippen MR) is 120 cm³/mol. The lowest BCUT2D eigenvalue weighted by Gasteiger charge is -2.10. The molecule has 3 heterocycles. The number of hydrogen-bond donors (Lipinski definition) is 0. The summed E-state index contributed by atoms with van der Waals surface area (Å²) in [5.41, 5.74) is 2.72. The van der Waals surface area contributed by atoms with Gasteiger partial charge in [0.05, 0.1) is 12.9 Å². The number of pyridine rings is 1. The van der Waals surface area contributed by atoms with Crippen LogP contribution in [-0.4, -0.2) is 37.1 Å². The van der Waals surface area contributed by atoms with E-state index in [0.717, 1.165) is 28.4 Å². The van der Waals surface area contributed by atoms with Crippen LogP contribution in [0.3, 0.4) is 0 Å². The van der Waals surface area contributed by atoms with Gasteiger partial charge in [-0.3, -0.25) is 9.55 Å². The van der Waals surface area contributed by atoms with Crippen molar-refractivity contribution in [2.75, 3.05) is 7.11 Å². The lowest BCUT2D eigenvalue weighted by Crippen LogP contribution is -2.00. The van der Waals surface area contributed by atoms with Gasteiger partial charge in [-0.2, -0.15) is 0 Å². The average molecular weight is 443 g/mol. The van der Waals surface area contributed by atoms with E-state index in [4.69, 9.17) is 9.15 Å². The third kappa shape index (κ3) is 4.10. The smallest absolute Gasteiger partial charge is 0.247 e. The van der Waals surface area contributed by atoms with Gasteiger partial charge in [0.15, 0.2) is 11.0 Å². The second-order valence-corrected chi connectivity index (χ2v) is 7.67. The normalized spacial score (nSPS) is 10.9. The zero-order valence-electron chi connectivity index (χ0n) is 17.1. The summed E-state index contributed by atoms with van der Waals surface area (Å²) in [5, 5.41) is 17.9. The fourth-order valence-electron chi connectivity index (χ4n) is 3.15. The molecular formula is C23H18N6O2S. The largest absolute Gasteiger partial charge is 0.497 e. The van der Waals surface area contributed by atoms with Crippen molar-refractivity contribution in [2.24, 2.45) is 0 Å². The lowest BCUT2D eigenvalue weighted by molar-refractivity contribution is 0.414. The van der Waals surface area contributed by atoms with Gasteiger partial charge < -0.3 is 9.15 Å². The number of methoxy groups -OCH3 is 1. The van der Waals surface area contributed by atoms with E-state index < -0.39 is 0 Å². The van der Waals surface area contributed by atoms with E-state index in [0.29, 0.717) is 22.7 Å². The Bertz CT molecular complexity index is 1300. The minimum atomic E-state index is 0.463. The number of hydrogen-bond acceptors (Lipinski definition) is 8. The SMILES string of the molecule is COc1ccc(-n2c(SCc3nnc(-c4ccccc4)o3)nnc2-c2ccncc2)cc1. The number of benzene rings is 2. The average Bonchev–Trinajstić information content (AvgIpc) is 3.51. The molecule has 0 N–H and O–H groups in total. The van der Waals surface area contributed by atoms with Crippen LogP contribution in [0.4, 0.5) is 0 Å². The number of ether oxygens (including phenoxy) is 1. The molecule has 0 amide bonds. The molecule has 0 radical (unpaired) electrons. The van der Waals surface area contributed by atoms with E-state index in [1.165, 1.54) is 11.8 Å². The molecule has 0 saturated carbocycles. The van der Waals surface area contributed by atoms with Gasteiger partial charge in [-0.1, -0.05) is 30.0 Å². The zero-order valence-corrected chi connectivity index (χ0v) is 17.9. The fourth-order valence-corrected chi connectivity index (χ4v) is 3.94. The molecular weight excluding hydrogens is 424 g/mol. The van der Waals surface area contributed by atoms with Crippen molar-refractivity contribution in [3.05, 3.63) is 85.0 Å². The molecule has 32 heavy (non-hydrogen) atoms. The van der Waals surface area contributed by atoms with Crippen molar-refractivity contribution in [3.63, 3.8) is 0 Å². The van der Waals surface area contributed by atoms with Gasteiger partial charge in [0, 0.05) is 29.2 Å². The third-order valence-electron chi connectivity index (χ3n) is 4.71. The monoisotopic (exact) mass is 442 g/mol. The topological polar surface area (TPSA) is 91.8 Å². The molecule has 2 aromatic carbocycles. The highest BCUT2D eigenvalue weighted by molar-refractivity contribution is 7.98. The molecule has 3 aromatic heterocycles. The summed E-state index contributed by atoms with van der Waals surface area (Å²) in [7, 11) is 1.64. The van der Waals surface area contributed by atoms with E-state index in [1.807, 2.05) is 71.3 Å². The number of thioether (sulfide) groups is 1. The van der Waals surface area contributed by atoms with E-state index in [9.17, 15) is 0 Å². The Hall–Kier alpha value is -3.98. The number of aromatic nitrogens is 6. The van der Waals surface area contributed by atoms with Crippen molar-refractivity contribution >= 4 is 11.8 Å². The van der Waals surface area contributed by atoms with Gasteiger partial charge >= 0.3 is 0 Å². The molecule has 0 aliphatic heterocycles. The first-order valence-corrected chi connectivity index (χ1v) is 10.8. The second-order valence-electron chi connectivity index (χ2n) is 6.73. The van der Waals surface area contributed by atoms with Gasteiger partial charge in [-0.15, -0.1) is 20.4 Å². The summed E-state index contributed by atoms with van der Waals surface area (Å²) in [4.78, 5) is 4.10. The van der Waals surface area contributed by atoms with E-state index in [-0.39, 0.29) is 0 Å². The first-order chi connectivity index (χ1) is 15.8. The van der Waals surface area contributed by atoms with Crippen molar-refractivity contribution in [2.45, 2.75) is 10.9 Å². The first kappa shape index (κ1) is 20.0. The van der Waals surface area contributed by atoms with Crippen LogP contribution < -0.4 is 4.74 Å². The summed E-state index contributed by atoms with van der Waals surface area (Å²) >= 11 is 1.48. The van der Waals surface area contributed by atoms with Gasteiger partial charge in [0.2, 0.25) is 11.8 Å². The maximum Gasteiger partial charge on any atom is 0.247 e. The van der Waals surface area contributed by atoms with Gasteiger partial charge in [-0.05, 0) is 48.5 Å². The van der Waals surface area contributed by atoms with E-state index >= 15 is 0 Å². The van der Waals surface area contributed by atoms with Crippen LogP contribution in [0.5, 0.6) is 5.75 Å². The third-order valence-corrected chi connectivity index (χ3v) is 5.63.